The standard InChI is InChI=1S/C2H3NO4S2/c1-2(4)7-9-8-3(5)6/h1H3. The van der Waals surface area contributed by atoms with E-state index in [0.29, 0.717) is 11.1 Å². The summed E-state index contributed by atoms with van der Waals surface area (Å²) in [7, 11) is 0.255. The van der Waals surface area contributed by atoms with Gasteiger partial charge in [0.15, 0.2) is 0 Å². The van der Waals surface area contributed by atoms with Crippen molar-refractivity contribution in [2.45, 2.75) is 6.92 Å². The summed E-state index contributed by atoms with van der Waals surface area (Å²) in [5.74, 6) is -0.547. The second-order valence-electron chi connectivity index (χ2n) is 0.941. The number of nitro groups is 1. The molecule has 0 heterocycles. The van der Waals surface area contributed by atoms with E-state index >= 15 is 0 Å². The van der Waals surface area contributed by atoms with Crippen LogP contribution in [0.4, 0.5) is 0 Å². The second-order valence-corrected chi connectivity index (χ2v) is 2.55. The Morgan fingerprint density at radius 2 is 2.33 bits per heavy atom. The van der Waals surface area contributed by atoms with Gasteiger partial charge in [0.05, 0.1) is 0 Å². The number of carbonyl (C=O) groups is 1. The van der Waals surface area contributed by atoms with Gasteiger partial charge in [0.1, 0.15) is 4.33 Å². The smallest absolute Gasteiger partial charge is 0.343 e. The van der Waals surface area contributed by atoms with Crippen LogP contribution in [-0.4, -0.2) is 10.3 Å². The van der Waals surface area contributed by atoms with Crippen LogP contribution in [0.2, 0.25) is 0 Å². The lowest BCUT2D eigenvalue weighted by Crippen LogP contribution is -1.88. The summed E-state index contributed by atoms with van der Waals surface area (Å²) in [4.78, 5) is 19.5. The minimum atomic E-state index is -0.659. The van der Waals surface area contributed by atoms with E-state index in [9.17, 15) is 14.9 Å². The Kier molecular flexibility index (Phi) is 4.24. The zero-order valence-corrected chi connectivity index (χ0v) is 6.03. The fourth-order valence-corrected chi connectivity index (χ4v) is 0.792. The molecule has 0 N–H and O–H groups in total. The lowest BCUT2D eigenvalue weighted by molar-refractivity contribution is -0.280. The second kappa shape index (κ2) is 4.45. The molecule has 0 amide bonds. The molecule has 0 aliphatic rings. The quantitative estimate of drug-likeness (QED) is 0.207. The zero-order chi connectivity index (χ0) is 7.28. The van der Waals surface area contributed by atoms with Gasteiger partial charge < -0.3 is 4.18 Å². The molecule has 0 radical (unpaired) electrons. The first-order valence-electron chi connectivity index (χ1n) is 1.79. The van der Waals surface area contributed by atoms with Crippen LogP contribution in [0.5, 0.6) is 0 Å². The van der Waals surface area contributed by atoms with Crippen LogP contribution in [-0.2, 0) is 8.98 Å². The molecule has 0 aliphatic heterocycles. The van der Waals surface area contributed by atoms with Crippen LogP contribution in [0.25, 0.3) is 0 Å². The Morgan fingerprint density at radius 1 is 1.78 bits per heavy atom. The molecule has 5 nitrogen and oxygen atoms in total. The highest BCUT2D eigenvalue weighted by Gasteiger charge is 2.04. The fourth-order valence-electron chi connectivity index (χ4n) is 0.0880. The lowest BCUT2D eigenvalue weighted by atomic mass is 10.9. The molecular formula is C2H3NO4S2. The number of hydrogen-bond acceptors (Lipinski definition) is 6. The van der Waals surface area contributed by atoms with E-state index in [1.165, 1.54) is 6.92 Å². The Labute approximate surface area is 59.0 Å². The largest absolute Gasteiger partial charge is 0.374 e. The molecule has 0 saturated heterocycles. The van der Waals surface area contributed by atoms with Gasteiger partial charge in [-0.3, -0.25) is 4.79 Å². The summed E-state index contributed by atoms with van der Waals surface area (Å²) >= 11 is 0.437. The molecule has 0 atom stereocenters. The summed E-state index contributed by atoms with van der Waals surface area (Å²) in [6.07, 6.45) is 0. The number of carbonyl (C=O) groups excluding carboxylic acids is 1. The maximum absolute atomic E-state index is 9.95. The molecule has 9 heavy (non-hydrogen) atoms. The molecule has 0 aromatic heterocycles. The van der Waals surface area contributed by atoms with Crippen molar-refractivity contribution in [3.8, 4) is 0 Å². The van der Waals surface area contributed by atoms with Gasteiger partial charge in [0.2, 0.25) is 11.1 Å². The van der Waals surface area contributed by atoms with E-state index in [1.807, 2.05) is 0 Å². The number of nitrogens with zero attached hydrogens (tertiary/aromatic N) is 1. The maximum Gasteiger partial charge on any atom is 0.343 e. The van der Waals surface area contributed by atoms with Gasteiger partial charge in [-0.2, -0.15) is 0 Å². The summed E-state index contributed by atoms with van der Waals surface area (Å²) in [5.41, 5.74) is 0. The van der Waals surface area contributed by atoms with E-state index in [2.05, 4.69) is 4.18 Å². The topological polar surface area (TPSA) is 69.4 Å². The van der Waals surface area contributed by atoms with Crippen molar-refractivity contribution < 1.29 is 13.3 Å². The van der Waals surface area contributed by atoms with Gasteiger partial charge in [-0.1, -0.05) is 0 Å². The number of rotatable bonds is 3. The molecule has 0 fully saturated rings. The van der Waals surface area contributed by atoms with Gasteiger partial charge in [0, 0.05) is 6.92 Å². The first-order valence-corrected chi connectivity index (χ1v) is 3.82. The Morgan fingerprint density at radius 3 is 2.67 bits per heavy atom. The molecule has 52 valence electrons. The molecule has 0 aromatic rings. The summed E-state index contributed by atoms with van der Waals surface area (Å²) < 4.78 is 3.49. The molecule has 0 aromatic carbocycles. The highest BCUT2D eigenvalue weighted by Crippen LogP contribution is 2.21. The first kappa shape index (κ1) is 8.57. The van der Waals surface area contributed by atoms with Gasteiger partial charge in [-0.15, -0.1) is 0 Å². The average molecular weight is 169 g/mol. The van der Waals surface area contributed by atoms with E-state index < -0.39 is 10.3 Å². The van der Waals surface area contributed by atoms with Crippen LogP contribution in [0.15, 0.2) is 0 Å². The van der Waals surface area contributed by atoms with Crippen LogP contribution >= 0.6 is 22.1 Å². The summed E-state index contributed by atoms with van der Waals surface area (Å²) in [5, 5.41) is 9.54. The van der Waals surface area contributed by atoms with Crippen LogP contribution in [0, 0.1) is 10.1 Å². The van der Waals surface area contributed by atoms with Crippen molar-refractivity contribution in [1.29, 1.82) is 0 Å². The minimum Gasteiger partial charge on any atom is -0.374 e. The zero-order valence-electron chi connectivity index (χ0n) is 4.40. The van der Waals surface area contributed by atoms with Crippen molar-refractivity contribution in [3.63, 3.8) is 0 Å². The molecule has 0 unspecified atom stereocenters. The van der Waals surface area contributed by atoms with E-state index in [4.69, 9.17) is 0 Å². The monoisotopic (exact) mass is 169 g/mol. The van der Waals surface area contributed by atoms with Gasteiger partial charge >= 0.3 is 16.9 Å². The Balaban J connectivity index is 3.10. The normalized spacial score (nSPS) is 8.56. The molecule has 0 spiro atoms. The predicted molar refractivity (Wildman–Crippen MR) is 33.9 cm³/mol. The molecule has 0 aliphatic carbocycles. The van der Waals surface area contributed by atoms with Crippen molar-refractivity contribution in [3.05, 3.63) is 10.1 Å². The van der Waals surface area contributed by atoms with E-state index in [0.717, 1.165) is 0 Å². The van der Waals surface area contributed by atoms with Crippen molar-refractivity contribution in [2.75, 3.05) is 0 Å². The SMILES string of the molecule is CC(=O)OSS[N+](=O)[O-]. The molecule has 7 heteroatoms. The average Bonchev–Trinajstić information content (AvgIpc) is 1.63. The third-order valence-corrected chi connectivity index (χ3v) is 1.48. The fraction of sp³-hybridized carbons (Fsp3) is 0.500. The van der Waals surface area contributed by atoms with Crippen molar-refractivity contribution in [1.82, 2.24) is 0 Å². The van der Waals surface area contributed by atoms with Crippen LogP contribution < -0.4 is 0 Å². The number of hydrogen-bond donors (Lipinski definition) is 0. The van der Waals surface area contributed by atoms with Gasteiger partial charge in [-0.25, -0.2) is 10.1 Å². The first-order chi connectivity index (χ1) is 4.13. The third kappa shape index (κ3) is 7.57. The molecular weight excluding hydrogens is 166 g/mol. The molecule has 0 rings (SSSR count). The predicted octanol–water partition coefficient (Wildman–Crippen LogP) is 1.04. The van der Waals surface area contributed by atoms with Crippen LogP contribution in [0.3, 0.4) is 0 Å². The van der Waals surface area contributed by atoms with Gasteiger partial charge in [-0.05, 0) is 0 Å². The highest BCUT2D eigenvalue weighted by atomic mass is 33.1. The maximum atomic E-state index is 9.95. The Bertz CT molecular complexity index is 112. The lowest BCUT2D eigenvalue weighted by Gasteiger charge is -1.87. The van der Waals surface area contributed by atoms with Crippen molar-refractivity contribution >= 4 is 28.0 Å². The summed E-state index contributed by atoms with van der Waals surface area (Å²) in [6, 6.07) is 0. The highest BCUT2D eigenvalue weighted by molar-refractivity contribution is 8.72. The van der Waals surface area contributed by atoms with Crippen molar-refractivity contribution in [2.24, 2.45) is 0 Å². The molecule has 0 bridgehead atoms. The summed E-state index contributed by atoms with van der Waals surface area (Å²) in [6.45, 7) is 1.17. The van der Waals surface area contributed by atoms with E-state index in [-0.39, 0.29) is 11.0 Å². The Hall–Kier alpha value is -0.430. The van der Waals surface area contributed by atoms with Crippen LogP contribution in [0.1, 0.15) is 6.92 Å². The van der Waals surface area contributed by atoms with E-state index in [1.54, 1.807) is 0 Å². The third-order valence-electron chi connectivity index (χ3n) is 0.243. The molecule has 0 saturated carbocycles. The minimum absolute atomic E-state index is 0.255. The van der Waals surface area contributed by atoms with Gasteiger partial charge in [0.25, 0.3) is 0 Å².